The van der Waals surface area contributed by atoms with E-state index in [-0.39, 0.29) is 23.6 Å². The summed E-state index contributed by atoms with van der Waals surface area (Å²) in [6.45, 7) is 4.97. The van der Waals surface area contributed by atoms with Crippen LogP contribution in [0.4, 0.5) is 0 Å². The maximum absolute atomic E-state index is 12.8. The third-order valence-corrected chi connectivity index (χ3v) is 5.06. The first-order chi connectivity index (χ1) is 11.4. The van der Waals surface area contributed by atoms with Gasteiger partial charge in [-0.2, -0.15) is 0 Å². The Labute approximate surface area is 146 Å². The van der Waals surface area contributed by atoms with Crippen molar-refractivity contribution in [1.29, 1.82) is 0 Å². The molecule has 2 N–H and O–H groups in total. The number of hydrogen-bond donors (Lipinski definition) is 2. The number of carbonyl (C=O) groups excluding carboxylic acids is 1. The molecule has 3 heterocycles. The molecule has 3 rings (SSSR count). The zero-order chi connectivity index (χ0) is 17.4. The molecule has 0 bridgehead atoms. The van der Waals surface area contributed by atoms with Crippen molar-refractivity contribution >= 4 is 23.2 Å². The van der Waals surface area contributed by atoms with Crippen LogP contribution in [-0.4, -0.2) is 50.6 Å². The van der Waals surface area contributed by atoms with E-state index in [9.17, 15) is 9.59 Å². The van der Waals surface area contributed by atoms with Crippen molar-refractivity contribution in [2.24, 2.45) is 7.05 Å². The summed E-state index contributed by atoms with van der Waals surface area (Å²) < 4.78 is 1.57. The van der Waals surface area contributed by atoms with E-state index >= 15 is 0 Å². The van der Waals surface area contributed by atoms with Crippen LogP contribution >= 0.6 is 12.2 Å². The third kappa shape index (κ3) is 3.15. The van der Waals surface area contributed by atoms with Crippen LogP contribution in [0.1, 0.15) is 30.4 Å². The van der Waals surface area contributed by atoms with Crippen LogP contribution in [0.15, 0.2) is 4.79 Å². The highest BCUT2D eigenvalue weighted by Crippen LogP contribution is 2.14. The molecule has 2 aliphatic rings. The van der Waals surface area contributed by atoms with Crippen molar-refractivity contribution in [2.45, 2.75) is 45.2 Å². The summed E-state index contributed by atoms with van der Waals surface area (Å²) >= 11 is 5.16. The number of nitrogens with zero attached hydrogens (tertiary/aromatic N) is 3. The molecule has 8 heteroatoms. The highest BCUT2D eigenvalue weighted by molar-refractivity contribution is 7.80. The number of amides is 1. The van der Waals surface area contributed by atoms with Crippen molar-refractivity contribution in [1.82, 2.24) is 25.1 Å². The van der Waals surface area contributed by atoms with E-state index in [1.165, 1.54) is 0 Å². The molecule has 1 fully saturated rings. The van der Waals surface area contributed by atoms with Gasteiger partial charge in [0.1, 0.15) is 11.9 Å². The standard InChI is InChI=1S/C16H23N5O2S/c1-9-8-13(19-16(24)17-9)15(23)21-6-4-11-12(5-7-21)18-10(2)20(3)14(11)22/h9,13H,4-8H2,1-3H3,(H2,17,19,24)/t9-,13+/m1/s1. The zero-order valence-electron chi connectivity index (χ0n) is 14.3. The molecule has 7 nitrogen and oxygen atoms in total. The van der Waals surface area contributed by atoms with Crippen molar-refractivity contribution in [2.75, 3.05) is 13.1 Å². The fraction of sp³-hybridized carbons (Fsp3) is 0.625. The average molecular weight is 349 g/mol. The molecule has 0 radical (unpaired) electrons. The van der Waals surface area contributed by atoms with Gasteiger partial charge in [0.15, 0.2) is 5.11 Å². The Kier molecular flexibility index (Phi) is 4.58. The minimum Gasteiger partial charge on any atom is -0.360 e. The van der Waals surface area contributed by atoms with Crippen LogP contribution in [0.2, 0.25) is 0 Å². The van der Waals surface area contributed by atoms with Crippen LogP contribution in [0.5, 0.6) is 0 Å². The summed E-state index contributed by atoms with van der Waals surface area (Å²) in [6.07, 6.45) is 1.86. The lowest BCUT2D eigenvalue weighted by atomic mass is 10.0. The van der Waals surface area contributed by atoms with Crippen LogP contribution in [0.3, 0.4) is 0 Å². The number of thiocarbonyl (C=S) groups is 1. The first kappa shape index (κ1) is 16.9. The van der Waals surface area contributed by atoms with Gasteiger partial charge in [-0.1, -0.05) is 0 Å². The zero-order valence-corrected chi connectivity index (χ0v) is 15.1. The van der Waals surface area contributed by atoms with Gasteiger partial charge < -0.3 is 15.5 Å². The van der Waals surface area contributed by atoms with Crippen LogP contribution in [0, 0.1) is 6.92 Å². The Morgan fingerprint density at radius 1 is 1.29 bits per heavy atom. The molecular weight excluding hydrogens is 326 g/mol. The van der Waals surface area contributed by atoms with Gasteiger partial charge in [0.05, 0.1) is 5.69 Å². The van der Waals surface area contributed by atoms with E-state index in [0.717, 1.165) is 11.3 Å². The van der Waals surface area contributed by atoms with Crippen LogP contribution in [0.25, 0.3) is 0 Å². The smallest absolute Gasteiger partial charge is 0.256 e. The molecule has 24 heavy (non-hydrogen) atoms. The second-order valence-electron chi connectivity index (χ2n) is 6.58. The topological polar surface area (TPSA) is 79.3 Å². The predicted molar refractivity (Wildman–Crippen MR) is 94.9 cm³/mol. The largest absolute Gasteiger partial charge is 0.360 e. The molecule has 0 unspecified atom stereocenters. The minimum atomic E-state index is -0.299. The fourth-order valence-electron chi connectivity index (χ4n) is 3.37. The number of aryl methyl sites for hydroxylation is 1. The lowest BCUT2D eigenvalue weighted by Gasteiger charge is -2.33. The van der Waals surface area contributed by atoms with E-state index < -0.39 is 0 Å². The molecule has 130 valence electrons. The quantitative estimate of drug-likeness (QED) is 0.674. The molecule has 1 amide bonds. The van der Waals surface area contributed by atoms with Gasteiger partial charge in [0.25, 0.3) is 5.56 Å². The predicted octanol–water partition coefficient (Wildman–Crippen LogP) is -0.359. The van der Waals surface area contributed by atoms with Crippen LogP contribution in [-0.2, 0) is 24.7 Å². The van der Waals surface area contributed by atoms with Gasteiger partial charge in [-0.15, -0.1) is 0 Å². The molecule has 2 atom stereocenters. The highest BCUT2D eigenvalue weighted by atomic mass is 32.1. The highest BCUT2D eigenvalue weighted by Gasteiger charge is 2.31. The Morgan fingerprint density at radius 2 is 2.00 bits per heavy atom. The number of rotatable bonds is 1. The number of hydrogen-bond acceptors (Lipinski definition) is 4. The summed E-state index contributed by atoms with van der Waals surface area (Å²) in [5.74, 6) is 0.754. The molecule has 0 aromatic carbocycles. The Hall–Kier alpha value is -1.96. The maximum atomic E-state index is 12.8. The summed E-state index contributed by atoms with van der Waals surface area (Å²) in [7, 11) is 1.74. The molecule has 1 saturated heterocycles. The summed E-state index contributed by atoms with van der Waals surface area (Å²) in [5, 5.41) is 6.70. The molecule has 1 aromatic heterocycles. The summed E-state index contributed by atoms with van der Waals surface area (Å²) in [6, 6.07) is -0.124. The van der Waals surface area contributed by atoms with E-state index in [1.54, 1.807) is 11.6 Å². The molecule has 0 aliphatic carbocycles. The van der Waals surface area contributed by atoms with E-state index in [1.807, 2.05) is 18.7 Å². The van der Waals surface area contributed by atoms with Gasteiger partial charge >= 0.3 is 0 Å². The average Bonchev–Trinajstić information content (AvgIpc) is 2.74. The van der Waals surface area contributed by atoms with Gasteiger partial charge in [0.2, 0.25) is 5.91 Å². The Balaban J connectivity index is 1.77. The van der Waals surface area contributed by atoms with E-state index in [0.29, 0.717) is 43.3 Å². The van der Waals surface area contributed by atoms with Crippen molar-refractivity contribution in [3.05, 3.63) is 27.4 Å². The number of fused-ring (bicyclic) bond motifs is 1. The van der Waals surface area contributed by atoms with Crippen molar-refractivity contribution in [3.63, 3.8) is 0 Å². The minimum absolute atomic E-state index is 0.00147. The van der Waals surface area contributed by atoms with Gasteiger partial charge in [0, 0.05) is 38.2 Å². The van der Waals surface area contributed by atoms with Gasteiger partial charge in [-0.05, 0) is 38.9 Å². The summed E-state index contributed by atoms with van der Waals surface area (Å²) in [5.41, 5.74) is 1.57. The molecule has 2 aliphatic heterocycles. The van der Waals surface area contributed by atoms with E-state index in [4.69, 9.17) is 12.2 Å². The number of carbonyl (C=O) groups is 1. The molecular formula is C16H23N5O2S. The lowest BCUT2D eigenvalue weighted by Crippen LogP contribution is -2.59. The number of nitrogens with one attached hydrogen (secondary N) is 2. The Bertz CT molecular complexity index is 745. The molecule has 1 aromatic rings. The first-order valence-electron chi connectivity index (χ1n) is 8.28. The van der Waals surface area contributed by atoms with Crippen molar-refractivity contribution in [3.8, 4) is 0 Å². The molecule has 0 spiro atoms. The van der Waals surface area contributed by atoms with Crippen molar-refractivity contribution < 1.29 is 4.79 Å². The van der Waals surface area contributed by atoms with Gasteiger partial charge in [-0.25, -0.2) is 4.98 Å². The Morgan fingerprint density at radius 3 is 2.71 bits per heavy atom. The number of aromatic nitrogens is 2. The first-order valence-corrected chi connectivity index (χ1v) is 8.69. The molecule has 0 saturated carbocycles. The normalized spacial score (nSPS) is 23.8. The van der Waals surface area contributed by atoms with E-state index in [2.05, 4.69) is 15.6 Å². The van der Waals surface area contributed by atoms with Gasteiger partial charge in [-0.3, -0.25) is 14.2 Å². The maximum Gasteiger partial charge on any atom is 0.256 e. The monoisotopic (exact) mass is 349 g/mol. The van der Waals surface area contributed by atoms with Crippen LogP contribution < -0.4 is 16.2 Å². The SMILES string of the molecule is Cc1nc2c(c(=O)n1C)CCN(C(=O)[C@@H]1C[C@@H](C)NC(=S)N1)CC2. The third-order valence-electron chi connectivity index (χ3n) is 4.83. The second-order valence-corrected chi connectivity index (χ2v) is 6.99. The summed E-state index contributed by atoms with van der Waals surface area (Å²) in [4.78, 5) is 31.6. The second kappa shape index (κ2) is 6.51. The lowest BCUT2D eigenvalue weighted by molar-refractivity contribution is -0.133. The fourth-order valence-corrected chi connectivity index (χ4v) is 3.71.